The van der Waals surface area contributed by atoms with Crippen molar-refractivity contribution < 1.29 is 9.53 Å². The number of nitrogens with zero attached hydrogens (tertiary/aromatic N) is 1. The lowest BCUT2D eigenvalue weighted by atomic mass is 10.0. The van der Waals surface area contributed by atoms with Crippen LogP contribution < -0.4 is 0 Å². The molecule has 84 valence electrons. The van der Waals surface area contributed by atoms with Gasteiger partial charge in [-0.15, -0.1) is 0 Å². The van der Waals surface area contributed by atoms with E-state index in [4.69, 9.17) is 5.26 Å². The molecule has 0 aliphatic carbocycles. The van der Waals surface area contributed by atoms with E-state index in [1.807, 2.05) is 13.0 Å². The van der Waals surface area contributed by atoms with Gasteiger partial charge in [0.15, 0.2) is 0 Å². The van der Waals surface area contributed by atoms with Crippen LogP contribution in [0.5, 0.6) is 0 Å². The molecule has 0 aromatic heterocycles. The van der Waals surface area contributed by atoms with Gasteiger partial charge in [0, 0.05) is 0 Å². The normalized spacial score (nSPS) is 11.6. The molecule has 1 aromatic carbocycles. The Kier molecular flexibility index (Phi) is 4.51. The summed E-state index contributed by atoms with van der Waals surface area (Å²) in [5.41, 5.74) is 2.64. The minimum Gasteiger partial charge on any atom is -0.468 e. The fourth-order valence-electron chi connectivity index (χ4n) is 1.37. The number of rotatable bonds is 3. The van der Waals surface area contributed by atoms with Crippen molar-refractivity contribution in [2.75, 3.05) is 7.11 Å². The van der Waals surface area contributed by atoms with Crippen molar-refractivity contribution in [2.45, 2.75) is 18.2 Å². The number of benzene rings is 1. The van der Waals surface area contributed by atoms with Crippen LogP contribution in [-0.4, -0.2) is 17.9 Å². The van der Waals surface area contributed by atoms with Crippen LogP contribution in [0.4, 0.5) is 0 Å². The zero-order chi connectivity index (χ0) is 12.1. The maximum absolute atomic E-state index is 11.2. The first-order valence-electron chi connectivity index (χ1n) is 4.80. The van der Waals surface area contributed by atoms with Gasteiger partial charge in [0.25, 0.3) is 0 Å². The summed E-state index contributed by atoms with van der Waals surface area (Å²) in [6.45, 7) is 1.95. The standard InChI is InChI=1S/C12H12BrNO2/c1-8-3-4-9(7-14)5-10(8)6-11(13)12(15)16-2/h3-5,11H,6H2,1-2H3. The lowest BCUT2D eigenvalue weighted by Crippen LogP contribution is -2.18. The third-order valence-corrected chi connectivity index (χ3v) is 3.03. The van der Waals surface area contributed by atoms with Crippen molar-refractivity contribution in [3.8, 4) is 6.07 Å². The summed E-state index contributed by atoms with van der Waals surface area (Å²) in [5, 5.41) is 8.79. The predicted molar refractivity (Wildman–Crippen MR) is 64.3 cm³/mol. The summed E-state index contributed by atoms with van der Waals surface area (Å²) in [6, 6.07) is 7.52. The first-order valence-corrected chi connectivity index (χ1v) is 5.71. The Morgan fingerprint density at radius 1 is 1.62 bits per heavy atom. The summed E-state index contributed by atoms with van der Waals surface area (Å²) < 4.78 is 4.63. The highest BCUT2D eigenvalue weighted by molar-refractivity contribution is 9.10. The van der Waals surface area contributed by atoms with Crippen LogP contribution in [0.25, 0.3) is 0 Å². The number of halogens is 1. The zero-order valence-electron chi connectivity index (χ0n) is 9.16. The van der Waals surface area contributed by atoms with Crippen molar-refractivity contribution in [3.63, 3.8) is 0 Å². The number of methoxy groups -OCH3 is 1. The van der Waals surface area contributed by atoms with E-state index in [0.717, 1.165) is 11.1 Å². The maximum Gasteiger partial charge on any atom is 0.319 e. The van der Waals surface area contributed by atoms with Crippen molar-refractivity contribution in [1.82, 2.24) is 0 Å². The number of alkyl halides is 1. The van der Waals surface area contributed by atoms with Crippen molar-refractivity contribution in [3.05, 3.63) is 34.9 Å². The molecule has 0 aliphatic rings. The van der Waals surface area contributed by atoms with Gasteiger partial charge in [-0.1, -0.05) is 22.0 Å². The molecule has 4 heteroatoms. The molecule has 0 amide bonds. The Hall–Kier alpha value is -1.34. The fourth-order valence-corrected chi connectivity index (χ4v) is 1.90. The number of ether oxygens (including phenoxy) is 1. The van der Waals surface area contributed by atoms with Gasteiger partial charge in [0.1, 0.15) is 4.83 Å². The summed E-state index contributed by atoms with van der Waals surface area (Å²) in [7, 11) is 1.36. The van der Waals surface area contributed by atoms with Crippen LogP contribution in [0.3, 0.4) is 0 Å². The van der Waals surface area contributed by atoms with Gasteiger partial charge in [0.2, 0.25) is 0 Å². The smallest absolute Gasteiger partial charge is 0.319 e. The van der Waals surface area contributed by atoms with Gasteiger partial charge in [-0.3, -0.25) is 4.79 Å². The number of nitriles is 1. The van der Waals surface area contributed by atoms with E-state index in [9.17, 15) is 4.79 Å². The number of esters is 1. The number of aryl methyl sites for hydroxylation is 1. The average Bonchev–Trinajstić information content (AvgIpc) is 2.30. The highest BCUT2D eigenvalue weighted by Gasteiger charge is 2.16. The van der Waals surface area contributed by atoms with Gasteiger partial charge in [-0.25, -0.2) is 0 Å². The zero-order valence-corrected chi connectivity index (χ0v) is 10.7. The Morgan fingerprint density at radius 3 is 2.88 bits per heavy atom. The summed E-state index contributed by atoms with van der Waals surface area (Å²) in [4.78, 5) is 10.9. The van der Waals surface area contributed by atoms with Crippen LogP contribution in [0, 0.1) is 18.3 Å². The molecule has 0 heterocycles. The van der Waals surface area contributed by atoms with Gasteiger partial charge in [-0.05, 0) is 36.6 Å². The molecule has 1 rings (SSSR count). The Bertz CT molecular complexity index is 437. The second-order valence-electron chi connectivity index (χ2n) is 3.45. The van der Waals surface area contributed by atoms with Gasteiger partial charge in [0.05, 0.1) is 18.7 Å². The highest BCUT2D eigenvalue weighted by Crippen LogP contribution is 2.16. The molecule has 1 aromatic rings. The van der Waals surface area contributed by atoms with E-state index in [1.165, 1.54) is 7.11 Å². The van der Waals surface area contributed by atoms with Gasteiger partial charge >= 0.3 is 5.97 Å². The largest absolute Gasteiger partial charge is 0.468 e. The van der Waals surface area contributed by atoms with E-state index in [2.05, 4.69) is 26.7 Å². The van der Waals surface area contributed by atoms with Crippen molar-refractivity contribution >= 4 is 21.9 Å². The van der Waals surface area contributed by atoms with Crippen LogP contribution in [-0.2, 0) is 16.0 Å². The molecule has 0 aliphatic heterocycles. The van der Waals surface area contributed by atoms with E-state index >= 15 is 0 Å². The van der Waals surface area contributed by atoms with Crippen LogP contribution in [0.15, 0.2) is 18.2 Å². The minimum atomic E-state index is -0.370. The molecular weight excluding hydrogens is 270 g/mol. The second kappa shape index (κ2) is 5.66. The van der Waals surface area contributed by atoms with E-state index < -0.39 is 0 Å². The SMILES string of the molecule is COC(=O)C(Br)Cc1cc(C#N)ccc1C. The molecule has 3 nitrogen and oxygen atoms in total. The van der Waals surface area contributed by atoms with E-state index in [0.29, 0.717) is 12.0 Å². The Labute approximate surface area is 103 Å². The number of carbonyl (C=O) groups excluding carboxylic acids is 1. The molecule has 1 unspecified atom stereocenters. The number of hydrogen-bond acceptors (Lipinski definition) is 3. The molecule has 0 saturated carbocycles. The predicted octanol–water partition coefficient (Wildman–Crippen LogP) is 2.35. The molecule has 0 N–H and O–H groups in total. The van der Waals surface area contributed by atoms with Crippen molar-refractivity contribution in [1.29, 1.82) is 5.26 Å². The minimum absolute atomic E-state index is 0.304. The topological polar surface area (TPSA) is 50.1 Å². The molecule has 0 spiro atoms. The first-order chi connectivity index (χ1) is 7.58. The maximum atomic E-state index is 11.2. The van der Waals surface area contributed by atoms with Crippen LogP contribution in [0.1, 0.15) is 16.7 Å². The number of carbonyl (C=O) groups is 1. The molecule has 16 heavy (non-hydrogen) atoms. The molecule has 0 fully saturated rings. The molecular formula is C12H12BrNO2. The highest BCUT2D eigenvalue weighted by atomic mass is 79.9. The van der Waals surface area contributed by atoms with Crippen LogP contribution in [0.2, 0.25) is 0 Å². The molecule has 0 radical (unpaired) electrons. The van der Waals surface area contributed by atoms with E-state index in [1.54, 1.807) is 12.1 Å². The van der Waals surface area contributed by atoms with E-state index in [-0.39, 0.29) is 10.8 Å². The average molecular weight is 282 g/mol. The van der Waals surface area contributed by atoms with Gasteiger partial charge < -0.3 is 4.74 Å². The van der Waals surface area contributed by atoms with Crippen LogP contribution >= 0.6 is 15.9 Å². The monoisotopic (exact) mass is 281 g/mol. The summed E-state index contributed by atoms with van der Waals surface area (Å²) >= 11 is 3.26. The third-order valence-electron chi connectivity index (χ3n) is 2.33. The lowest BCUT2D eigenvalue weighted by molar-refractivity contribution is -0.139. The number of hydrogen-bond donors (Lipinski definition) is 0. The fraction of sp³-hybridized carbons (Fsp3) is 0.333. The molecule has 1 atom stereocenters. The quantitative estimate of drug-likeness (QED) is 0.631. The second-order valence-corrected chi connectivity index (χ2v) is 4.55. The summed E-state index contributed by atoms with van der Waals surface area (Å²) in [6.07, 6.45) is 0.522. The molecule has 0 saturated heterocycles. The Morgan fingerprint density at radius 2 is 2.31 bits per heavy atom. The first kappa shape index (κ1) is 12.7. The van der Waals surface area contributed by atoms with Gasteiger partial charge in [-0.2, -0.15) is 5.26 Å². The third kappa shape index (κ3) is 3.07. The summed E-state index contributed by atoms with van der Waals surface area (Å²) in [5.74, 6) is -0.304. The van der Waals surface area contributed by atoms with Crippen molar-refractivity contribution in [2.24, 2.45) is 0 Å². The lowest BCUT2D eigenvalue weighted by Gasteiger charge is -2.10. The molecule has 0 bridgehead atoms. The Balaban J connectivity index is 2.88.